The lowest BCUT2D eigenvalue weighted by Gasteiger charge is -2.49. The van der Waals surface area contributed by atoms with Gasteiger partial charge in [-0.05, 0) is 74.3 Å². The number of phenols is 2. The van der Waals surface area contributed by atoms with Crippen LogP contribution in [0.15, 0.2) is 24.3 Å². The Morgan fingerprint density at radius 1 is 0.611 bits per heavy atom. The molecule has 2 nitrogen and oxygen atoms in total. The number of para-hydroxylation sites is 2. The summed E-state index contributed by atoms with van der Waals surface area (Å²) in [7, 11) is 0. The van der Waals surface area contributed by atoms with Crippen molar-refractivity contribution in [3.63, 3.8) is 0 Å². The molecule has 1 aromatic carbocycles. The molecule has 1 aromatic rings. The van der Waals surface area contributed by atoms with Crippen molar-refractivity contribution in [1.29, 1.82) is 0 Å². The zero-order chi connectivity index (χ0) is 12.5. The fourth-order valence-electron chi connectivity index (χ4n) is 4.45. The third kappa shape index (κ3) is 2.47. The van der Waals surface area contributed by atoms with Gasteiger partial charge in [0.25, 0.3) is 0 Å². The lowest BCUT2D eigenvalue weighted by Crippen LogP contribution is -2.38. The van der Waals surface area contributed by atoms with Crippen molar-refractivity contribution in [1.82, 2.24) is 0 Å². The fraction of sp³-hybridized carbons (Fsp3) is 0.625. The van der Waals surface area contributed by atoms with E-state index in [-0.39, 0.29) is 11.5 Å². The zero-order valence-electron chi connectivity index (χ0n) is 10.8. The molecule has 0 spiro atoms. The van der Waals surface area contributed by atoms with Crippen LogP contribution in [-0.2, 0) is 0 Å². The molecule has 0 atom stereocenters. The molecular formula is C16H22O2. The van der Waals surface area contributed by atoms with Gasteiger partial charge in [-0.15, -0.1) is 0 Å². The van der Waals surface area contributed by atoms with Gasteiger partial charge < -0.3 is 10.2 Å². The first kappa shape index (κ1) is 11.9. The molecule has 4 aliphatic rings. The highest BCUT2D eigenvalue weighted by Gasteiger charge is 2.41. The van der Waals surface area contributed by atoms with Gasteiger partial charge in [0.15, 0.2) is 11.5 Å². The van der Waals surface area contributed by atoms with Crippen LogP contribution in [-0.4, -0.2) is 10.2 Å². The monoisotopic (exact) mass is 246 g/mol. The van der Waals surface area contributed by atoms with Crippen molar-refractivity contribution in [3.05, 3.63) is 24.3 Å². The molecular weight excluding hydrogens is 224 g/mol. The maximum Gasteiger partial charge on any atom is 0.157 e. The first-order chi connectivity index (χ1) is 8.70. The summed E-state index contributed by atoms with van der Waals surface area (Å²) in [5.74, 6) is 4.56. The van der Waals surface area contributed by atoms with E-state index in [4.69, 9.17) is 10.2 Å². The van der Waals surface area contributed by atoms with E-state index in [1.54, 1.807) is 50.7 Å². The van der Waals surface area contributed by atoms with Gasteiger partial charge in [0.2, 0.25) is 0 Å². The Bertz CT molecular complexity index is 336. The van der Waals surface area contributed by atoms with Crippen molar-refractivity contribution >= 4 is 0 Å². The summed E-state index contributed by atoms with van der Waals surface area (Å²) in [6.45, 7) is 0. The first-order valence-corrected chi connectivity index (χ1v) is 7.17. The minimum Gasteiger partial charge on any atom is -0.504 e. The van der Waals surface area contributed by atoms with Crippen LogP contribution in [0.3, 0.4) is 0 Å². The van der Waals surface area contributed by atoms with Crippen molar-refractivity contribution in [3.8, 4) is 11.5 Å². The standard InChI is InChI=1S/C10H16.C6H6O2/c1-7-2-9-4-8(1)5-10(3-7)6-9;7-5-3-1-2-4-6(5)8/h7-10H,1-6H2;1-4,7-8H. The van der Waals surface area contributed by atoms with E-state index in [0.29, 0.717) is 0 Å². The minimum atomic E-state index is -0.0764. The van der Waals surface area contributed by atoms with Crippen LogP contribution in [0.5, 0.6) is 11.5 Å². The number of hydrogen-bond acceptors (Lipinski definition) is 2. The van der Waals surface area contributed by atoms with Crippen molar-refractivity contribution in [2.45, 2.75) is 38.5 Å². The van der Waals surface area contributed by atoms with Crippen LogP contribution >= 0.6 is 0 Å². The maximum atomic E-state index is 8.67. The Labute approximate surface area is 109 Å². The highest BCUT2D eigenvalue weighted by molar-refractivity contribution is 5.36. The Hall–Kier alpha value is -1.18. The van der Waals surface area contributed by atoms with Crippen molar-refractivity contribution < 1.29 is 10.2 Å². The zero-order valence-corrected chi connectivity index (χ0v) is 10.8. The fourth-order valence-corrected chi connectivity index (χ4v) is 4.45. The number of rotatable bonds is 0. The molecule has 5 rings (SSSR count). The van der Waals surface area contributed by atoms with Crippen LogP contribution in [0.2, 0.25) is 0 Å². The van der Waals surface area contributed by atoms with Crippen LogP contribution in [0.25, 0.3) is 0 Å². The average molecular weight is 246 g/mol. The van der Waals surface area contributed by atoms with E-state index in [1.807, 2.05) is 0 Å². The summed E-state index contributed by atoms with van der Waals surface area (Å²) in [5.41, 5.74) is 0. The highest BCUT2D eigenvalue weighted by atomic mass is 16.3. The molecule has 0 aromatic heterocycles. The molecule has 4 fully saturated rings. The van der Waals surface area contributed by atoms with Gasteiger partial charge in [0.1, 0.15) is 0 Å². The molecule has 2 heteroatoms. The molecule has 2 N–H and O–H groups in total. The van der Waals surface area contributed by atoms with Gasteiger partial charge in [-0.25, -0.2) is 0 Å². The normalized spacial score (nSPS) is 36.0. The quantitative estimate of drug-likeness (QED) is 0.681. The second-order valence-corrected chi connectivity index (χ2v) is 6.37. The van der Waals surface area contributed by atoms with Gasteiger partial charge in [-0.2, -0.15) is 0 Å². The minimum absolute atomic E-state index is 0.0764. The Kier molecular flexibility index (Phi) is 3.19. The van der Waals surface area contributed by atoms with E-state index in [2.05, 4.69) is 0 Å². The molecule has 4 aliphatic carbocycles. The summed E-state index contributed by atoms with van der Waals surface area (Å²) in [6, 6.07) is 6.15. The molecule has 0 radical (unpaired) electrons. The Morgan fingerprint density at radius 3 is 1.11 bits per heavy atom. The third-order valence-corrected chi connectivity index (χ3v) is 4.88. The molecule has 0 aliphatic heterocycles. The average Bonchev–Trinajstić information content (AvgIpc) is 2.32. The second-order valence-electron chi connectivity index (χ2n) is 6.37. The summed E-state index contributed by atoms with van der Waals surface area (Å²) < 4.78 is 0. The lowest BCUT2D eigenvalue weighted by atomic mass is 9.56. The topological polar surface area (TPSA) is 40.5 Å². The predicted molar refractivity (Wildman–Crippen MR) is 71.4 cm³/mol. The van der Waals surface area contributed by atoms with E-state index in [0.717, 1.165) is 0 Å². The first-order valence-electron chi connectivity index (χ1n) is 7.17. The molecule has 0 saturated heterocycles. The molecule has 18 heavy (non-hydrogen) atoms. The van der Waals surface area contributed by atoms with Gasteiger partial charge in [0, 0.05) is 0 Å². The largest absolute Gasteiger partial charge is 0.504 e. The van der Waals surface area contributed by atoms with Crippen LogP contribution in [0, 0.1) is 23.7 Å². The Balaban J connectivity index is 0.000000115. The van der Waals surface area contributed by atoms with E-state index < -0.39 is 0 Å². The highest BCUT2D eigenvalue weighted by Crippen LogP contribution is 2.53. The molecule has 0 heterocycles. The van der Waals surface area contributed by atoms with E-state index >= 15 is 0 Å². The lowest BCUT2D eigenvalue weighted by molar-refractivity contribution is 0.0198. The number of hydrogen-bond donors (Lipinski definition) is 2. The third-order valence-electron chi connectivity index (χ3n) is 4.88. The van der Waals surface area contributed by atoms with Crippen molar-refractivity contribution in [2.75, 3.05) is 0 Å². The molecule has 0 amide bonds. The van der Waals surface area contributed by atoms with Gasteiger partial charge >= 0.3 is 0 Å². The smallest absolute Gasteiger partial charge is 0.157 e. The molecule has 0 unspecified atom stereocenters. The SMILES string of the molecule is C1C2CC3CC1CC(C2)C3.Oc1ccccc1O. The summed E-state index contributed by atoms with van der Waals surface area (Å²) in [5, 5.41) is 17.3. The molecule has 98 valence electrons. The number of benzene rings is 1. The van der Waals surface area contributed by atoms with Crippen LogP contribution in [0.1, 0.15) is 38.5 Å². The van der Waals surface area contributed by atoms with Gasteiger partial charge in [-0.3, -0.25) is 0 Å². The van der Waals surface area contributed by atoms with E-state index in [9.17, 15) is 0 Å². The number of phenolic OH excluding ortho intramolecular Hbond substituents is 2. The van der Waals surface area contributed by atoms with Crippen LogP contribution < -0.4 is 0 Å². The summed E-state index contributed by atoms with van der Waals surface area (Å²) in [4.78, 5) is 0. The maximum absolute atomic E-state index is 8.67. The summed E-state index contributed by atoms with van der Waals surface area (Å²) in [6.07, 6.45) is 9.62. The van der Waals surface area contributed by atoms with Gasteiger partial charge in [0.05, 0.1) is 0 Å². The predicted octanol–water partition coefficient (Wildman–Crippen LogP) is 3.93. The van der Waals surface area contributed by atoms with Crippen molar-refractivity contribution in [2.24, 2.45) is 23.7 Å². The van der Waals surface area contributed by atoms with E-state index in [1.165, 1.54) is 35.8 Å². The molecule has 4 saturated carbocycles. The molecule has 4 bridgehead atoms. The van der Waals surface area contributed by atoms with Crippen LogP contribution in [0.4, 0.5) is 0 Å². The summed E-state index contributed by atoms with van der Waals surface area (Å²) >= 11 is 0. The van der Waals surface area contributed by atoms with Gasteiger partial charge in [-0.1, -0.05) is 12.1 Å². The Morgan fingerprint density at radius 2 is 0.889 bits per heavy atom. The second kappa shape index (κ2) is 4.83. The number of aromatic hydroxyl groups is 2.